The summed E-state index contributed by atoms with van der Waals surface area (Å²) in [5.74, 6) is -0.655. The van der Waals surface area contributed by atoms with Gasteiger partial charge in [-0.1, -0.05) is 25.2 Å². The van der Waals surface area contributed by atoms with Gasteiger partial charge in [-0.3, -0.25) is 4.79 Å². The average molecular weight is 328 g/mol. The monoisotopic (exact) mass is 328 g/mol. The molecule has 9 heteroatoms. The van der Waals surface area contributed by atoms with Gasteiger partial charge in [0.2, 0.25) is 11.0 Å². The van der Waals surface area contributed by atoms with Crippen molar-refractivity contribution in [2.24, 2.45) is 5.92 Å². The van der Waals surface area contributed by atoms with Crippen molar-refractivity contribution < 1.29 is 19.1 Å². The van der Waals surface area contributed by atoms with Crippen molar-refractivity contribution in [3.05, 3.63) is 5.01 Å². The Morgan fingerprint density at radius 3 is 2.68 bits per heavy atom. The Bertz CT molecular complexity index is 532. The molecule has 0 saturated carbocycles. The number of carbonyl (C=O) groups excluding carboxylic acids is 2. The molecule has 2 rings (SSSR count). The number of nitrogens with zero attached hydrogens (tertiary/aromatic N) is 2. The fourth-order valence-corrected chi connectivity index (χ4v) is 2.35. The van der Waals surface area contributed by atoms with E-state index in [1.165, 1.54) is 11.3 Å². The standard InChI is InChI=1S/C13H20N4O4S/c1-4-10-16-17-12(22-10)15-11(18)7(2)8(3)14-13(19)21-9-5-20-6-9/h7-9H,4-6H2,1-3H3,(H,14,19)(H,15,17,18). The van der Waals surface area contributed by atoms with Crippen LogP contribution in [0.1, 0.15) is 25.8 Å². The zero-order valence-corrected chi connectivity index (χ0v) is 13.6. The van der Waals surface area contributed by atoms with Crippen LogP contribution >= 0.6 is 11.3 Å². The summed E-state index contributed by atoms with van der Waals surface area (Å²) in [6, 6.07) is -0.368. The minimum Gasteiger partial charge on any atom is -0.441 e. The lowest BCUT2D eigenvalue weighted by atomic mass is 10.0. The summed E-state index contributed by atoms with van der Waals surface area (Å²) >= 11 is 1.34. The van der Waals surface area contributed by atoms with Crippen LogP contribution in [0.4, 0.5) is 9.93 Å². The first-order valence-electron chi connectivity index (χ1n) is 7.17. The topological polar surface area (TPSA) is 102 Å². The van der Waals surface area contributed by atoms with Gasteiger partial charge in [-0.25, -0.2) is 4.79 Å². The molecule has 0 aromatic carbocycles. The molecule has 0 bridgehead atoms. The maximum absolute atomic E-state index is 12.1. The highest BCUT2D eigenvalue weighted by molar-refractivity contribution is 7.15. The van der Waals surface area contributed by atoms with Gasteiger partial charge in [-0.15, -0.1) is 10.2 Å². The van der Waals surface area contributed by atoms with Gasteiger partial charge in [0.25, 0.3) is 0 Å². The van der Waals surface area contributed by atoms with E-state index in [4.69, 9.17) is 9.47 Å². The smallest absolute Gasteiger partial charge is 0.407 e. The Morgan fingerprint density at radius 1 is 1.41 bits per heavy atom. The molecule has 2 atom stereocenters. The molecule has 2 amide bonds. The first-order chi connectivity index (χ1) is 10.5. The third kappa shape index (κ3) is 4.38. The quantitative estimate of drug-likeness (QED) is 0.813. The summed E-state index contributed by atoms with van der Waals surface area (Å²) in [5, 5.41) is 14.5. The molecule has 122 valence electrons. The highest BCUT2D eigenvalue weighted by Gasteiger charge is 2.26. The van der Waals surface area contributed by atoms with Crippen LogP contribution < -0.4 is 10.6 Å². The molecule has 2 unspecified atom stereocenters. The van der Waals surface area contributed by atoms with Crippen molar-refractivity contribution >= 4 is 28.5 Å². The molecule has 2 N–H and O–H groups in total. The molecule has 1 fully saturated rings. The zero-order valence-electron chi connectivity index (χ0n) is 12.8. The third-order valence-corrected chi connectivity index (χ3v) is 4.37. The second-order valence-corrected chi connectivity index (χ2v) is 6.19. The van der Waals surface area contributed by atoms with E-state index in [2.05, 4.69) is 20.8 Å². The van der Waals surface area contributed by atoms with Crippen LogP contribution in [-0.2, 0) is 20.7 Å². The lowest BCUT2D eigenvalue weighted by Crippen LogP contribution is -2.46. The van der Waals surface area contributed by atoms with Gasteiger partial charge >= 0.3 is 6.09 Å². The Morgan fingerprint density at radius 2 is 2.14 bits per heavy atom. The van der Waals surface area contributed by atoms with E-state index in [1.54, 1.807) is 13.8 Å². The summed E-state index contributed by atoms with van der Waals surface area (Å²) in [6.45, 7) is 6.30. The van der Waals surface area contributed by atoms with E-state index in [9.17, 15) is 9.59 Å². The van der Waals surface area contributed by atoms with Crippen molar-refractivity contribution in [1.29, 1.82) is 0 Å². The Kier molecular flexibility index (Phi) is 5.67. The van der Waals surface area contributed by atoms with Crippen molar-refractivity contribution in [3.63, 3.8) is 0 Å². The SMILES string of the molecule is CCc1nnc(NC(=O)C(C)C(C)NC(=O)OC2COC2)s1. The number of hydrogen-bond acceptors (Lipinski definition) is 7. The van der Waals surface area contributed by atoms with Crippen molar-refractivity contribution in [3.8, 4) is 0 Å². The Labute approximate surface area is 132 Å². The van der Waals surface area contributed by atoms with Crippen LogP contribution in [0.5, 0.6) is 0 Å². The molecular weight excluding hydrogens is 308 g/mol. The molecular formula is C13H20N4O4S. The summed E-state index contributed by atoms with van der Waals surface area (Å²) < 4.78 is 10.0. The number of hydrogen-bond donors (Lipinski definition) is 2. The zero-order chi connectivity index (χ0) is 16.1. The number of alkyl carbamates (subject to hydrolysis) is 1. The van der Waals surface area contributed by atoms with E-state index >= 15 is 0 Å². The minimum absolute atomic E-state index is 0.190. The van der Waals surface area contributed by atoms with Crippen LogP contribution in [-0.4, -0.2) is 47.6 Å². The van der Waals surface area contributed by atoms with Crippen molar-refractivity contribution in [2.45, 2.75) is 39.3 Å². The number of aromatic nitrogens is 2. The van der Waals surface area contributed by atoms with E-state index in [-0.39, 0.29) is 18.1 Å². The second kappa shape index (κ2) is 7.50. The number of ether oxygens (including phenoxy) is 2. The summed E-state index contributed by atoms with van der Waals surface area (Å²) in [7, 11) is 0. The molecule has 0 spiro atoms. The van der Waals surface area contributed by atoms with Gasteiger partial charge in [-0.05, 0) is 13.3 Å². The third-order valence-electron chi connectivity index (χ3n) is 3.39. The van der Waals surface area contributed by atoms with Gasteiger partial charge in [0.15, 0.2) is 6.10 Å². The minimum atomic E-state index is -0.537. The van der Waals surface area contributed by atoms with Gasteiger partial charge < -0.3 is 20.1 Å². The van der Waals surface area contributed by atoms with Gasteiger partial charge in [0.05, 0.1) is 19.1 Å². The maximum Gasteiger partial charge on any atom is 0.407 e. The number of nitrogens with one attached hydrogen (secondary N) is 2. The fourth-order valence-electron chi connectivity index (χ4n) is 1.67. The van der Waals surface area contributed by atoms with Crippen LogP contribution in [0.3, 0.4) is 0 Å². The molecule has 1 aromatic rings. The highest BCUT2D eigenvalue weighted by atomic mass is 32.1. The lowest BCUT2D eigenvalue weighted by Gasteiger charge is -2.27. The average Bonchev–Trinajstić information content (AvgIpc) is 2.89. The fraction of sp³-hybridized carbons (Fsp3) is 0.692. The number of amides is 2. The first-order valence-corrected chi connectivity index (χ1v) is 7.99. The predicted octanol–water partition coefficient (Wildman–Crippen LogP) is 1.19. The first kappa shape index (κ1) is 16.6. The molecule has 1 saturated heterocycles. The molecule has 0 radical (unpaired) electrons. The molecule has 1 aliphatic rings. The summed E-state index contributed by atoms with van der Waals surface area (Å²) in [6.07, 6.45) is 0.0486. The normalized spacial score (nSPS) is 17.2. The molecule has 8 nitrogen and oxygen atoms in total. The largest absolute Gasteiger partial charge is 0.441 e. The van der Waals surface area contributed by atoms with E-state index < -0.39 is 12.0 Å². The van der Waals surface area contributed by atoms with Crippen molar-refractivity contribution in [2.75, 3.05) is 18.5 Å². The molecule has 2 heterocycles. The number of carbonyl (C=O) groups is 2. The summed E-state index contributed by atoms with van der Waals surface area (Å²) in [4.78, 5) is 23.8. The van der Waals surface area contributed by atoms with Gasteiger partial charge in [0, 0.05) is 6.04 Å². The molecule has 0 aliphatic carbocycles. The van der Waals surface area contributed by atoms with Crippen molar-refractivity contribution in [1.82, 2.24) is 15.5 Å². The highest BCUT2D eigenvalue weighted by Crippen LogP contribution is 2.17. The van der Waals surface area contributed by atoms with Gasteiger partial charge in [-0.2, -0.15) is 0 Å². The van der Waals surface area contributed by atoms with E-state index in [1.807, 2.05) is 6.92 Å². The van der Waals surface area contributed by atoms with E-state index in [0.717, 1.165) is 11.4 Å². The van der Waals surface area contributed by atoms with Gasteiger partial charge in [0.1, 0.15) is 5.01 Å². The Hall–Kier alpha value is -1.74. The van der Waals surface area contributed by atoms with Crippen LogP contribution in [0, 0.1) is 5.92 Å². The van der Waals surface area contributed by atoms with E-state index in [0.29, 0.717) is 18.3 Å². The molecule has 1 aliphatic heterocycles. The number of anilines is 1. The predicted molar refractivity (Wildman–Crippen MR) is 80.8 cm³/mol. The number of aryl methyl sites for hydroxylation is 1. The van der Waals surface area contributed by atoms with Crippen LogP contribution in [0.15, 0.2) is 0 Å². The maximum atomic E-state index is 12.1. The summed E-state index contributed by atoms with van der Waals surface area (Å²) in [5.41, 5.74) is 0. The van der Waals surface area contributed by atoms with Crippen LogP contribution in [0.25, 0.3) is 0 Å². The molecule has 22 heavy (non-hydrogen) atoms. The molecule has 1 aromatic heterocycles. The Balaban J connectivity index is 1.79. The van der Waals surface area contributed by atoms with Crippen LogP contribution in [0.2, 0.25) is 0 Å². The lowest BCUT2D eigenvalue weighted by molar-refractivity contribution is -0.120. The number of rotatable bonds is 6. The second-order valence-electron chi connectivity index (χ2n) is 5.13.